The van der Waals surface area contributed by atoms with Gasteiger partial charge >= 0.3 is 0 Å². The van der Waals surface area contributed by atoms with Gasteiger partial charge in [0.25, 0.3) is 5.56 Å². The van der Waals surface area contributed by atoms with E-state index in [2.05, 4.69) is 27.2 Å². The molecule has 1 aliphatic rings. The lowest BCUT2D eigenvalue weighted by Gasteiger charge is -2.17. The SMILES string of the molecule is CC1CCc2c(sc3nc(CCC(=O)Nc4ccccn4)[nH]c(=O)c23)C1. The van der Waals surface area contributed by atoms with Crippen LogP contribution in [-0.4, -0.2) is 20.9 Å². The van der Waals surface area contributed by atoms with Crippen molar-refractivity contribution >= 4 is 33.3 Å². The third-order valence-electron chi connectivity index (χ3n) is 4.74. The molecule has 0 spiro atoms. The zero-order valence-corrected chi connectivity index (χ0v) is 15.4. The first-order valence-electron chi connectivity index (χ1n) is 8.84. The van der Waals surface area contributed by atoms with E-state index < -0.39 is 0 Å². The fourth-order valence-electron chi connectivity index (χ4n) is 3.39. The third kappa shape index (κ3) is 3.39. The molecule has 3 aromatic heterocycles. The molecular formula is C19H20N4O2S. The van der Waals surface area contributed by atoms with E-state index in [1.54, 1.807) is 29.7 Å². The van der Waals surface area contributed by atoms with E-state index in [1.807, 2.05) is 6.07 Å². The number of hydrogen-bond donors (Lipinski definition) is 2. The van der Waals surface area contributed by atoms with Gasteiger partial charge in [-0.25, -0.2) is 9.97 Å². The summed E-state index contributed by atoms with van der Waals surface area (Å²) in [6.07, 6.45) is 5.36. The van der Waals surface area contributed by atoms with Crippen LogP contribution >= 0.6 is 11.3 Å². The van der Waals surface area contributed by atoms with Gasteiger partial charge in [0.2, 0.25) is 5.91 Å². The van der Waals surface area contributed by atoms with Crippen LogP contribution in [-0.2, 0) is 24.1 Å². The molecule has 6 nitrogen and oxygen atoms in total. The van der Waals surface area contributed by atoms with Gasteiger partial charge in [0.15, 0.2) is 0 Å². The Balaban J connectivity index is 1.51. The molecule has 0 radical (unpaired) electrons. The summed E-state index contributed by atoms with van der Waals surface area (Å²) in [6.45, 7) is 2.25. The van der Waals surface area contributed by atoms with Crippen molar-refractivity contribution in [3.63, 3.8) is 0 Å². The van der Waals surface area contributed by atoms with E-state index in [0.717, 1.165) is 29.5 Å². The van der Waals surface area contributed by atoms with Crippen LogP contribution in [0.4, 0.5) is 5.82 Å². The highest BCUT2D eigenvalue weighted by atomic mass is 32.1. The molecule has 7 heteroatoms. The standard InChI is InChI=1S/C19H20N4O2S/c1-11-5-6-12-13(10-11)26-19-17(12)18(25)22-15(23-19)7-8-16(24)21-14-4-2-3-9-20-14/h2-4,9,11H,5-8,10H2,1H3,(H,20,21,24)(H,22,23,25). The number of fused-ring (bicyclic) bond motifs is 3. The van der Waals surface area contributed by atoms with Crippen LogP contribution < -0.4 is 10.9 Å². The molecule has 3 aromatic rings. The van der Waals surface area contributed by atoms with E-state index in [-0.39, 0.29) is 17.9 Å². The summed E-state index contributed by atoms with van der Waals surface area (Å²) in [5.41, 5.74) is 1.10. The van der Waals surface area contributed by atoms with E-state index >= 15 is 0 Å². The predicted molar refractivity (Wildman–Crippen MR) is 103 cm³/mol. The van der Waals surface area contributed by atoms with E-state index in [0.29, 0.717) is 24.0 Å². The van der Waals surface area contributed by atoms with Crippen molar-refractivity contribution in [2.75, 3.05) is 5.32 Å². The molecule has 2 N–H and O–H groups in total. The topological polar surface area (TPSA) is 87.7 Å². The molecule has 26 heavy (non-hydrogen) atoms. The molecule has 3 heterocycles. The zero-order valence-electron chi connectivity index (χ0n) is 14.5. The number of amides is 1. The minimum absolute atomic E-state index is 0.0813. The number of aryl methyl sites for hydroxylation is 2. The second-order valence-electron chi connectivity index (χ2n) is 6.81. The number of nitrogens with zero attached hydrogens (tertiary/aromatic N) is 2. The zero-order chi connectivity index (χ0) is 18.1. The van der Waals surface area contributed by atoms with Crippen LogP contribution in [0.25, 0.3) is 10.2 Å². The first kappa shape index (κ1) is 16.9. The van der Waals surface area contributed by atoms with E-state index in [1.165, 1.54) is 10.4 Å². The van der Waals surface area contributed by atoms with Gasteiger partial charge in [0.1, 0.15) is 16.5 Å². The minimum atomic E-state index is -0.147. The summed E-state index contributed by atoms with van der Waals surface area (Å²) in [7, 11) is 0. The number of aromatic amines is 1. The molecule has 0 bridgehead atoms. The van der Waals surface area contributed by atoms with Gasteiger partial charge in [-0.2, -0.15) is 0 Å². The summed E-state index contributed by atoms with van der Waals surface area (Å²) in [5, 5.41) is 3.49. The molecule has 0 aromatic carbocycles. The van der Waals surface area contributed by atoms with Gasteiger partial charge in [-0.3, -0.25) is 9.59 Å². The first-order chi connectivity index (χ1) is 12.6. The van der Waals surface area contributed by atoms with Crippen molar-refractivity contribution in [1.29, 1.82) is 0 Å². The molecule has 0 saturated heterocycles. The monoisotopic (exact) mass is 368 g/mol. The lowest BCUT2D eigenvalue weighted by atomic mass is 9.89. The quantitative estimate of drug-likeness (QED) is 0.741. The highest BCUT2D eigenvalue weighted by Crippen LogP contribution is 2.35. The van der Waals surface area contributed by atoms with Crippen molar-refractivity contribution in [2.24, 2.45) is 5.92 Å². The molecule has 1 atom stereocenters. The molecule has 1 aliphatic carbocycles. The largest absolute Gasteiger partial charge is 0.311 e. The normalized spacial score (nSPS) is 16.4. The van der Waals surface area contributed by atoms with Gasteiger partial charge < -0.3 is 10.3 Å². The van der Waals surface area contributed by atoms with E-state index in [4.69, 9.17) is 0 Å². The van der Waals surface area contributed by atoms with Gasteiger partial charge in [-0.15, -0.1) is 11.3 Å². The van der Waals surface area contributed by atoms with Crippen molar-refractivity contribution in [2.45, 2.75) is 39.0 Å². The number of nitrogens with one attached hydrogen (secondary N) is 2. The van der Waals surface area contributed by atoms with Crippen molar-refractivity contribution in [3.8, 4) is 0 Å². The Morgan fingerprint density at radius 3 is 3.12 bits per heavy atom. The van der Waals surface area contributed by atoms with Crippen LogP contribution in [0.15, 0.2) is 29.2 Å². The number of hydrogen-bond acceptors (Lipinski definition) is 5. The summed E-state index contributed by atoms with van der Waals surface area (Å²) in [4.78, 5) is 38.2. The highest BCUT2D eigenvalue weighted by Gasteiger charge is 2.23. The maximum atomic E-state index is 12.6. The number of anilines is 1. The second kappa shape index (κ2) is 6.99. The molecule has 0 fully saturated rings. The van der Waals surface area contributed by atoms with Crippen molar-refractivity contribution in [1.82, 2.24) is 15.0 Å². The fraction of sp³-hybridized carbons (Fsp3) is 0.368. The van der Waals surface area contributed by atoms with E-state index in [9.17, 15) is 9.59 Å². The minimum Gasteiger partial charge on any atom is -0.311 e. The van der Waals surface area contributed by atoms with Crippen molar-refractivity contribution in [3.05, 3.63) is 51.0 Å². The summed E-state index contributed by atoms with van der Waals surface area (Å²) in [6, 6.07) is 5.34. The Morgan fingerprint density at radius 1 is 1.42 bits per heavy atom. The van der Waals surface area contributed by atoms with Gasteiger partial charge in [0.05, 0.1) is 5.39 Å². The van der Waals surface area contributed by atoms with Crippen LogP contribution in [0, 0.1) is 5.92 Å². The number of carbonyl (C=O) groups excluding carboxylic acids is 1. The summed E-state index contributed by atoms with van der Waals surface area (Å²) in [5.74, 6) is 1.59. The molecule has 4 rings (SSSR count). The lowest BCUT2D eigenvalue weighted by Crippen LogP contribution is -2.17. The average Bonchev–Trinajstić information content (AvgIpc) is 2.98. The Labute approximate surface area is 154 Å². The van der Waals surface area contributed by atoms with Crippen LogP contribution in [0.2, 0.25) is 0 Å². The van der Waals surface area contributed by atoms with Gasteiger partial charge in [-0.1, -0.05) is 13.0 Å². The number of thiophene rings is 1. The molecule has 1 unspecified atom stereocenters. The number of rotatable bonds is 4. The fourth-order valence-corrected chi connectivity index (χ4v) is 4.79. The Morgan fingerprint density at radius 2 is 2.31 bits per heavy atom. The average molecular weight is 368 g/mol. The Kier molecular flexibility index (Phi) is 4.55. The molecular weight excluding hydrogens is 348 g/mol. The van der Waals surface area contributed by atoms with Gasteiger partial charge in [-0.05, 0) is 42.9 Å². The molecule has 0 aliphatic heterocycles. The summed E-state index contributed by atoms with van der Waals surface area (Å²) < 4.78 is 0. The number of carbonyl (C=O) groups is 1. The third-order valence-corrected chi connectivity index (χ3v) is 5.88. The van der Waals surface area contributed by atoms with Crippen LogP contribution in [0.5, 0.6) is 0 Å². The van der Waals surface area contributed by atoms with Gasteiger partial charge in [0, 0.05) is 23.9 Å². The molecule has 134 valence electrons. The highest BCUT2D eigenvalue weighted by molar-refractivity contribution is 7.18. The number of pyridine rings is 1. The van der Waals surface area contributed by atoms with Crippen LogP contribution in [0.3, 0.4) is 0 Å². The maximum Gasteiger partial charge on any atom is 0.259 e. The van der Waals surface area contributed by atoms with Crippen LogP contribution in [0.1, 0.15) is 36.0 Å². The second-order valence-corrected chi connectivity index (χ2v) is 7.89. The molecule has 0 saturated carbocycles. The lowest BCUT2D eigenvalue weighted by molar-refractivity contribution is -0.116. The Bertz CT molecular complexity index is 1010. The predicted octanol–water partition coefficient (Wildman–Crippen LogP) is 3.08. The number of aromatic nitrogens is 3. The van der Waals surface area contributed by atoms with Crippen molar-refractivity contribution < 1.29 is 4.79 Å². The smallest absolute Gasteiger partial charge is 0.259 e. The molecule has 1 amide bonds. The number of H-pyrrole nitrogens is 1. The Hall–Kier alpha value is -2.54. The first-order valence-corrected chi connectivity index (χ1v) is 9.66. The summed E-state index contributed by atoms with van der Waals surface area (Å²) >= 11 is 1.63. The maximum absolute atomic E-state index is 12.6.